The van der Waals surface area contributed by atoms with Crippen LogP contribution >= 0.6 is 23.4 Å². The maximum absolute atomic E-state index is 12.5. The highest BCUT2D eigenvalue weighted by molar-refractivity contribution is 7.99. The molecule has 1 N–H and O–H groups in total. The van der Waals surface area contributed by atoms with Gasteiger partial charge in [0.2, 0.25) is 5.91 Å². The molecule has 2 heterocycles. The molecule has 174 valence electrons. The number of hydrogen-bond donors (Lipinski definition) is 1. The van der Waals surface area contributed by atoms with E-state index in [4.69, 9.17) is 20.8 Å². The standard InChI is InChI=1S/C24H21ClN4O4S/c1-2-32-23(31)16-8-10-19(11-9-16)26-21(30)15-34-24-28-27-22(17-5-3-6-18(25)13-17)29(24)14-20-7-4-12-33-20/h3-13H,2,14-15H2,1H3,(H,26,30). The predicted octanol–water partition coefficient (Wildman–Crippen LogP) is 5.15. The van der Waals surface area contributed by atoms with Crippen LogP contribution < -0.4 is 5.32 Å². The SMILES string of the molecule is CCOC(=O)c1ccc(NC(=O)CSc2nnc(-c3cccc(Cl)c3)n2Cc2ccco2)cc1. The van der Waals surface area contributed by atoms with Crippen LogP contribution in [0.15, 0.2) is 76.5 Å². The van der Waals surface area contributed by atoms with E-state index < -0.39 is 5.97 Å². The summed E-state index contributed by atoms with van der Waals surface area (Å²) in [6, 6.07) is 17.6. The van der Waals surface area contributed by atoms with Crippen molar-refractivity contribution in [3.63, 3.8) is 0 Å². The van der Waals surface area contributed by atoms with Gasteiger partial charge in [-0.2, -0.15) is 0 Å². The molecule has 10 heteroatoms. The van der Waals surface area contributed by atoms with E-state index in [1.807, 2.05) is 34.9 Å². The van der Waals surface area contributed by atoms with Crippen molar-refractivity contribution in [3.05, 3.63) is 83.3 Å². The Labute approximate surface area is 205 Å². The van der Waals surface area contributed by atoms with Gasteiger partial charge in [-0.3, -0.25) is 9.36 Å². The Hall–Kier alpha value is -3.56. The summed E-state index contributed by atoms with van der Waals surface area (Å²) in [4.78, 5) is 24.3. The smallest absolute Gasteiger partial charge is 0.338 e. The van der Waals surface area contributed by atoms with Gasteiger partial charge in [0.1, 0.15) is 5.76 Å². The van der Waals surface area contributed by atoms with Crippen LogP contribution in [0.25, 0.3) is 11.4 Å². The van der Waals surface area contributed by atoms with Crippen molar-refractivity contribution >= 4 is 40.9 Å². The molecule has 2 aromatic heterocycles. The van der Waals surface area contributed by atoms with Crippen molar-refractivity contribution in [2.45, 2.75) is 18.6 Å². The summed E-state index contributed by atoms with van der Waals surface area (Å²) < 4.78 is 12.4. The lowest BCUT2D eigenvalue weighted by molar-refractivity contribution is -0.113. The summed E-state index contributed by atoms with van der Waals surface area (Å²) in [5.74, 6) is 0.853. The quantitative estimate of drug-likeness (QED) is 0.253. The Morgan fingerprint density at radius 1 is 1.12 bits per heavy atom. The monoisotopic (exact) mass is 496 g/mol. The molecule has 34 heavy (non-hydrogen) atoms. The van der Waals surface area contributed by atoms with Gasteiger partial charge in [0, 0.05) is 16.3 Å². The van der Waals surface area contributed by atoms with E-state index in [0.29, 0.717) is 40.4 Å². The highest BCUT2D eigenvalue weighted by Crippen LogP contribution is 2.27. The predicted molar refractivity (Wildman–Crippen MR) is 130 cm³/mol. The fourth-order valence-electron chi connectivity index (χ4n) is 3.17. The van der Waals surface area contributed by atoms with Gasteiger partial charge < -0.3 is 14.5 Å². The first-order valence-corrected chi connectivity index (χ1v) is 11.8. The third-order valence-electron chi connectivity index (χ3n) is 4.71. The normalized spacial score (nSPS) is 10.8. The lowest BCUT2D eigenvalue weighted by Gasteiger charge is -2.10. The lowest BCUT2D eigenvalue weighted by Crippen LogP contribution is -2.15. The first-order valence-electron chi connectivity index (χ1n) is 10.4. The average Bonchev–Trinajstić information content (AvgIpc) is 3.49. The van der Waals surface area contributed by atoms with Crippen LogP contribution in [0, 0.1) is 0 Å². The summed E-state index contributed by atoms with van der Waals surface area (Å²) in [5.41, 5.74) is 1.81. The molecule has 0 spiro atoms. The third-order valence-corrected chi connectivity index (χ3v) is 5.91. The van der Waals surface area contributed by atoms with Crippen LogP contribution in [0.3, 0.4) is 0 Å². The molecule has 0 radical (unpaired) electrons. The number of amides is 1. The van der Waals surface area contributed by atoms with Crippen molar-refractivity contribution in [1.82, 2.24) is 14.8 Å². The van der Waals surface area contributed by atoms with Gasteiger partial charge >= 0.3 is 5.97 Å². The molecule has 4 rings (SSSR count). The van der Waals surface area contributed by atoms with E-state index in [2.05, 4.69) is 15.5 Å². The zero-order chi connectivity index (χ0) is 23.9. The van der Waals surface area contributed by atoms with Crippen LogP contribution in [-0.4, -0.2) is 39.0 Å². The second-order valence-electron chi connectivity index (χ2n) is 7.12. The van der Waals surface area contributed by atoms with Gasteiger partial charge in [-0.15, -0.1) is 10.2 Å². The number of nitrogens with one attached hydrogen (secondary N) is 1. The van der Waals surface area contributed by atoms with Gasteiger partial charge in [0.05, 0.1) is 30.7 Å². The Balaban J connectivity index is 1.46. The molecule has 0 aliphatic carbocycles. The van der Waals surface area contributed by atoms with Crippen molar-refractivity contribution in [2.24, 2.45) is 0 Å². The van der Waals surface area contributed by atoms with Gasteiger partial charge in [0.25, 0.3) is 0 Å². The first-order chi connectivity index (χ1) is 16.5. The second-order valence-corrected chi connectivity index (χ2v) is 8.50. The van der Waals surface area contributed by atoms with Crippen LogP contribution in [-0.2, 0) is 16.1 Å². The number of carbonyl (C=O) groups is 2. The molecule has 0 saturated heterocycles. The van der Waals surface area contributed by atoms with E-state index in [1.54, 1.807) is 43.5 Å². The lowest BCUT2D eigenvalue weighted by atomic mass is 10.2. The van der Waals surface area contributed by atoms with Crippen molar-refractivity contribution in [1.29, 1.82) is 0 Å². The molecular formula is C24H21ClN4O4S. The number of ether oxygens (including phenoxy) is 1. The Morgan fingerprint density at radius 2 is 1.94 bits per heavy atom. The molecular weight excluding hydrogens is 476 g/mol. The molecule has 0 atom stereocenters. The fourth-order valence-corrected chi connectivity index (χ4v) is 4.10. The highest BCUT2D eigenvalue weighted by Gasteiger charge is 2.17. The largest absolute Gasteiger partial charge is 0.467 e. The Morgan fingerprint density at radius 3 is 2.65 bits per heavy atom. The number of aromatic nitrogens is 3. The van der Waals surface area contributed by atoms with E-state index in [9.17, 15) is 9.59 Å². The zero-order valence-corrected chi connectivity index (χ0v) is 19.8. The van der Waals surface area contributed by atoms with Crippen LogP contribution in [0.5, 0.6) is 0 Å². The third kappa shape index (κ3) is 5.86. The number of anilines is 1. The van der Waals surface area contributed by atoms with Gasteiger partial charge in [-0.05, 0) is 55.5 Å². The fraction of sp³-hybridized carbons (Fsp3) is 0.167. The van der Waals surface area contributed by atoms with Crippen LogP contribution in [0.4, 0.5) is 5.69 Å². The summed E-state index contributed by atoms with van der Waals surface area (Å²) >= 11 is 7.42. The van der Waals surface area contributed by atoms with Gasteiger partial charge in [-0.25, -0.2) is 4.79 Å². The van der Waals surface area contributed by atoms with Crippen LogP contribution in [0.2, 0.25) is 5.02 Å². The number of thioether (sulfide) groups is 1. The molecule has 0 bridgehead atoms. The first kappa shape index (κ1) is 23.6. The summed E-state index contributed by atoms with van der Waals surface area (Å²) in [6.07, 6.45) is 1.60. The second kappa shape index (κ2) is 11.0. The molecule has 1 amide bonds. The van der Waals surface area contributed by atoms with E-state index >= 15 is 0 Å². The molecule has 0 aliphatic rings. The molecule has 0 saturated carbocycles. The zero-order valence-electron chi connectivity index (χ0n) is 18.2. The van der Waals surface area contributed by atoms with Crippen molar-refractivity contribution < 1.29 is 18.7 Å². The number of hydrogen-bond acceptors (Lipinski definition) is 7. The number of esters is 1. The molecule has 8 nitrogen and oxygen atoms in total. The highest BCUT2D eigenvalue weighted by atomic mass is 35.5. The molecule has 0 unspecified atom stereocenters. The van der Waals surface area contributed by atoms with Crippen molar-refractivity contribution in [2.75, 3.05) is 17.7 Å². The minimum atomic E-state index is -0.401. The minimum absolute atomic E-state index is 0.117. The maximum Gasteiger partial charge on any atom is 0.338 e. The number of furan rings is 1. The molecule has 4 aromatic rings. The topological polar surface area (TPSA) is 99.2 Å². The maximum atomic E-state index is 12.5. The van der Waals surface area contributed by atoms with Gasteiger partial charge in [0.15, 0.2) is 11.0 Å². The number of nitrogens with zero attached hydrogens (tertiary/aromatic N) is 3. The van der Waals surface area contributed by atoms with E-state index in [0.717, 1.165) is 11.3 Å². The average molecular weight is 497 g/mol. The molecule has 2 aromatic carbocycles. The molecule has 0 aliphatic heterocycles. The van der Waals surface area contributed by atoms with Crippen molar-refractivity contribution in [3.8, 4) is 11.4 Å². The summed E-state index contributed by atoms with van der Waals surface area (Å²) in [6.45, 7) is 2.46. The summed E-state index contributed by atoms with van der Waals surface area (Å²) in [7, 11) is 0. The minimum Gasteiger partial charge on any atom is -0.467 e. The number of rotatable bonds is 9. The molecule has 0 fully saturated rings. The van der Waals surface area contributed by atoms with E-state index in [-0.39, 0.29) is 11.7 Å². The van der Waals surface area contributed by atoms with Gasteiger partial charge in [-0.1, -0.05) is 35.5 Å². The van der Waals surface area contributed by atoms with Crippen LogP contribution in [0.1, 0.15) is 23.0 Å². The Kier molecular flexibility index (Phi) is 7.66. The Bertz CT molecular complexity index is 1270. The number of benzene rings is 2. The summed E-state index contributed by atoms with van der Waals surface area (Å²) in [5, 5.41) is 12.6. The number of carbonyl (C=O) groups excluding carboxylic acids is 2. The van der Waals surface area contributed by atoms with E-state index in [1.165, 1.54) is 11.8 Å². The number of halogens is 1.